The van der Waals surface area contributed by atoms with Crippen LogP contribution in [-0.2, 0) is 13.1 Å². The molecule has 2 aromatic rings. The van der Waals surface area contributed by atoms with Gasteiger partial charge in [-0.05, 0) is 79.9 Å². The molecule has 7 heteroatoms. The molecule has 0 radical (unpaired) electrons. The van der Waals surface area contributed by atoms with Gasteiger partial charge >= 0.3 is 0 Å². The zero-order valence-electron chi connectivity index (χ0n) is 17.7. The van der Waals surface area contributed by atoms with Crippen LogP contribution < -0.4 is 20.4 Å². The van der Waals surface area contributed by atoms with Gasteiger partial charge in [-0.1, -0.05) is 12.1 Å². The van der Waals surface area contributed by atoms with Crippen molar-refractivity contribution in [3.63, 3.8) is 0 Å². The average molecular weight is 428 g/mol. The molecule has 30 heavy (non-hydrogen) atoms. The van der Waals surface area contributed by atoms with Gasteiger partial charge in [-0.15, -0.1) is 0 Å². The molecule has 1 heterocycles. The minimum atomic E-state index is 0.356. The Morgan fingerprint density at radius 2 is 1.87 bits per heavy atom. The molecule has 6 nitrogen and oxygen atoms in total. The van der Waals surface area contributed by atoms with Crippen LogP contribution in [-0.4, -0.2) is 36.1 Å². The highest BCUT2D eigenvalue weighted by Crippen LogP contribution is 2.18. The Morgan fingerprint density at radius 3 is 2.57 bits per heavy atom. The van der Waals surface area contributed by atoms with E-state index in [1.165, 1.54) is 37.3 Å². The first-order valence-electron chi connectivity index (χ1n) is 10.4. The molecule has 0 atom stereocenters. The Balaban J connectivity index is 1.54. The second-order valence-electron chi connectivity index (χ2n) is 7.67. The lowest BCUT2D eigenvalue weighted by molar-refractivity contribution is -0.918. The molecule has 160 valence electrons. The highest BCUT2D eigenvalue weighted by atomic mass is 32.1. The zero-order valence-corrected chi connectivity index (χ0v) is 18.5. The second kappa shape index (κ2) is 10.9. The lowest BCUT2D eigenvalue weighted by Gasteiger charge is -2.24. The summed E-state index contributed by atoms with van der Waals surface area (Å²) >= 11 is 5.33. The van der Waals surface area contributed by atoms with E-state index < -0.39 is 0 Å². The lowest BCUT2D eigenvalue weighted by Crippen LogP contribution is -3.11. The topological polar surface area (TPSA) is 70.3 Å². The van der Waals surface area contributed by atoms with Gasteiger partial charge in [-0.25, -0.2) is 0 Å². The van der Waals surface area contributed by atoms with Gasteiger partial charge in [0.2, 0.25) is 0 Å². The van der Waals surface area contributed by atoms with Crippen LogP contribution in [0.25, 0.3) is 0 Å². The van der Waals surface area contributed by atoms with Crippen molar-refractivity contribution in [2.75, 3.05) is 20.2 Å². The molecule has 1 fully saturated rings. The van der Waals surface area contributed by atoms with Gasteiger partial charge in [0.25, 0.3) is 0 Å². The fraction of sp³-hybridized carbons (Fsp3) is 0.391. The van der Waals surface area contributed by atoms with Crippen molar-refractivity contribution in [2.24, 2.45) is 5.10 Å². The number of hydrogen-bond acceptors (Lipinski definition) is 4. The first-order chi connectivity index (χ1) is 14.5. The normalized spacial score (nSPS) is 14.9. The molecule has 0 spiro atoms. The average Bonchev–Trinajstić information content (AvgIpc) is 2.78. The fourth-order valence-electron chi connectivity index (χ4n) is 3.61. The molecule has 3 rings (SSSR count). The lowest BCUT2D eigenvalue weighted by atomic mass is 10.0. The smallest absolute Gasteiger partial charge is 0.187 e. The molecule has 1 saturated heterocycles. The highest BCUT2D eigenvalue weighted by Gasteiger charge is 2.16. The Hall–Kier alpha value is -2.64. The van der Waals surface area contributed by atoms with Crippen LogP contribution in [0.3, 0.4) is 0 Å². The number of hydrazone groups is 1. The number of phenols is 1. The molecular formula is C23H31N4O2S+. The number of aromatic hydroxyl groups is 1. The van der Waals surface area contributed by atoms with Crippen molar-refractivity contribution in [1.82, 2.24) is 10.7 Å². The summed E-state index contributed by atoms with van der Waals surface area (Å²) in [5.74, 6) is 1.18. The summed E-state index contributed by atoms with van der Waals surface area (Å²) in [5.41, 5.74) is 6.77. The van der Waals surface area contributed by atoms with Crippen molar-refractivity contribution >= 4 is 23.0 Å². The van der Waals surface area contributed by atoms with Crippen LogP contribution in [0.1, 0.15) is 42.9 Å². The first-order valence-corrected chi connectivity index (χ1v) is 10.8. The van der Waals surface area contributed by atoms with E-state index in [-0.39, 0.29) is 0 Å². The maximum Gasteiger partial charge on any atom is 0.187 e. The Labute approximate surface area is 183 Å². The number of methoxy groups -OCH3 is 1. The number of quaternary nitrogens is 1. The van der Waals surface area contributed by atoms with Crippen molar-refractivity contribution in [3.8, 4) is 11.5 Å². The number of likely N-dealkylation sites (tertiary alicyclic amines) is 1. The Kier molecular flexibility index (Phi) is 8.04. The molecule has 0 bridgehead atoms. The van der Waals surface area contributed by atoms with Crippen molar-refractivity contribution in [3.05, 3.63) is 59.2 Å². The van der Waals surface area contributed by atoms with Crippen LogP contribution in [0.15, 0.2) is 47.6 Å². The predicted octanol–water partition coefficient (Wildman–Crippen LogP) is 2.36. The number of nitrogens with one attached hydrogen (secondary N) is 3. The third-order valence-electron chi connectivity index (χ3n) is 5.44. The van der Waals surface area contributed by atoms with Gasteiger partial charge in [0.15, 0.2) is 5.11 Å². The molecule has 4 N–H and O–H groups in total. The van der Waals surface area contributed by atoms with Gasteiger partial charge in [0, 0.05) is 12.1 Å². The third-order valence-corrected chi connectivity index (χ3v) is 5.67. The van der Waals surface area contributed by atoms with E-state index in [1.807, 2.05) is 43.3 Å². The number of benzene rings is 2. The number of thiocarbonyl (C=S) groups is 1. The predicted molar refractivity (Wildman–Crippen MR) is 124 cm³/mol. The molecule has 0 aromatic heterocycles. The van der Waals surface area contributed by atoms with Crippen LogP contribution >= 0.6 is 12.2 Å². The SMILES string of the molecule is COc1ccc(CNC(=S)N/N=C(\C)c2ccc(O)c(C[NH+]3CCCCC3)c2)cc1. The van der Waals surface area contributed by atoms with E-state index in [9.17, 15) is 5.11 Å². The molecule has 0 saturated carbocycles. The van der Waals surface area contributed by atoms with Crippen molar-refractivity contribution < 1.29 is 14.7 Å². The third kappa shape index (κ3) is 6.43. The van der Waals surface area contributed by atoms with Gasteiger partial charge in [0.05, 0.1) is 25.9 Å². The van der Waals surface area contributed by atoms with E-state index in [0.29, 0.717) is 17.4 Å². The minimum Gasteiger partial charge on any atom is -0.507 e. The molecule has 0 aliphatic carbocycles. The summed E-state index contributed by atoms with van der Waals surface area (Å²) in [6.45, 7) is 5.73. The molecule has 2 aromatic carbocycles. The van der Waals surface area contributed by atoms with E-state index in [0.717, 1.165) is 34.7 Å². The zero-order chi connectivity index (χ0) is 21.3. The molecule has 1 aliphatic rings. The number of nitrogens with zero attached hydrogens (tertiary/aromatic N) is 1. The first kappa shape index (κ1) is 22.1. The van der Waals surface area contributed by atoms with E-state index >= 15 is 0 Å². The number of hydrogen-bond donors (Lipinski definition) is 4. The van der Waals surface area contributed by atoms with Crippen LogP contribution in [0.4, 0.5) is 0 Å². The number of phenolic OH excluding ortho intramolecular Hbond substituents is 1. The fourth-order valence-corrected chi connectivity index (χ4v) is 3.73. The van der Waals surface area contributed by atoms with E-state index in [1.54, 1.807) is 13.2 Å². The van der Waals surface area contributed by atoms with Gasteiger partial charge in [-0.3, -0.25) is 5.43 Å². The second-order valence-corrected chi connectivity index (χ2v) is 8.08. The van der Waals surface area contributed by atoms with Crippen molar-refractivity contribution in [2.45, 2.75) is 39.3 Å². The summed E-state index contributed by atoms with van der Waals surface area (Å²) in [6.07, 6.45) is 3.85. The van der Waals surface area contributed by atoms with Crippen molar-refractivity contribution in [1.29, 1.82) is 0 Å². The van der Waals surface area contributed by atoms with E-state index in [2.05, 4.69) is 15.8 Å². The molecule has 1 aliphatic heterocycles. The van der Waals surface area contributed by atoms with Gasteiger partial charge < -0.3 is 20.1 Å². The molecule has 0 amide bonds. The maximum absolute atomic E-state index is 10.3. The number of rotatable bonds is 7. The number of piperidine rings is 1. The highest BCUT2D eigenvalue weighted by molar-refractivity contribution is 7.80. The van der Waals surface area contributed by atoms with E-state index in [4.69, 9.17) is 17.0 Å². The Morgan fingerprint density at radius 1 is 1.13 bits per heavy atom. The summed E-state index contributed by atoms with van der Waals surface area (Å²) in [4.78, 5) is 1.53. The van der Waals surface area contributed by atoms with Crippen LogP contribution in [0, 0.1) is 0 Å². The standard InChI is InChI=1S/C23H30N4O2S/c1-17(25-26-23(30)24-15-18-6-9-21(29-2)10-7-18)19-8-11-22(28)20(14-19)16-27-12-4-3-5-13-27/h6-11,14,28H,3-5,12-13,15-16H2,1-2H3,(H2,24,26,30)/p+1/b25-17+. The quantitative estimate of drug-likeness (QED) is 0.310. The Bertz CT molecular complexity index is 877. The summed E-state index contributed by atoms with van der Waals surface area (Å²) in [7, 11) is 1.65. The largest absolute Gasteiger partial charge is 0.507 e. The molecule has 0 unspecified atom stereocenters. The molecular weight excluding hydrogens is 396 g/mol. The summed E-state index contributed by atoms with van der Waals surface area (Å²) in [6, 6.07) is 13.5. The monoisotopic (exact) mass is 427 g/mol. The van der Waals surface area contributed by atoms with Gasteiger partial charge in [0.1, 0.15) is 18.0 Å². The maximum atomic E-state index is 10.3. The van der Waals surface area contributed by atoms with Crippen LogP contribution in [0.2, 0.25) is 0 Å². The number of ether oxygens (including phenoxy) is 1. The van der Waals surface area contributed by atoms with Crippen LogP contribution in [0.5, 0.6) is 11.5 Å². The van der Waals surface area contributed by atoms with Gasteiger partial charge in [-0.2, -0.15) is 5.10 Å². The summed E-state index contributed by atoms with van der Waals surface area (Å²) in [5, 5.41) is 18.3. The summed E-state index contributed by atoms with van der Waals surface area (Å²) < 4.78 is 5.17. The minimum absolute atomic E-state index is 0.356.